The van der Waals surface area contributed by atoms with Crippen LogP contribution in [0.4, 0.5) is 0 Å². The van der Waals surface area contributed by atoms with Crippen LogP contribution in [-0.4, -0.2) is 17.9 Å². The normalized spacial score (nSPS) is 50.2. The number of carbonyl (C=O) groups excluding carboxylic acids is 2. The molecule has 0 aromatic rings. The van der Waals surface area contributed by atoms with Crippen LogP contribution < -0.4 is 0 Å². The van der Waals surface area contributed by atoms with E-state index in [1.807, 2.05) is 0 Å². The average molecular weight is 511 g/mol. The first kappa shape index (κ1) is 27.4. The van der Waals surface area contributed by atoms with Gasteiger partial charge in [-0.15, -0.1) is 0 Å². The Hall–Kier alpha value is -1.12. The number of hydrogen-bond donors (Lipinski definition) is 0. The second-order valence-corrected chi connectivity index (χ2v) is 16.1. The van der Waals surface area contributed by atoms with E-state index in [-0.39, 0.29) is 35.1 Å². The molecule has 5 aliphatic rings. The fourth-order valence-electron chi connectivity index (χ4n) is 12.1. The van der Waals surface area contributed by atoms with Gasteiger partial charge < -0.3 is 4.74 Å². The predicted molar refractivity (Wildman–Crippen MR) is 150 cm³/mol. The third-order valence-corrected chi connectivity index (χ3v) is 14.1. The van der Waals surface area contributed by atoms with Gasteiger partial charge in [-0.25, -0.2) is 0 Å². The maximum Gasteiger partial charge on any atom is 0.313 e. The second-order valence-electron chi connectivity index (χ2n) is 16.1. The summed E-state index contributed by atoms with van der Waals surface area (Å²) in [6, 6.07) is 0. The van der Waals surface area contributed by atoms with E-state index in [1.54, 1.807) is 0 Å². The first-order valence-corrected chi connectivity index (χ1v) is 15.4. The van der Waals surface area contributed by atoms with Crippen molar-refractivity contribution in [2.24, 2.45) is 56.7 Å². The molecule has 0 aliphatic heterocycles. The Morgan fingerprint density at radius 2 is 1.49 bits per heavy atom. The number of ketones is 1. The summed E-state index contributed by atoms with van der Waals surface area (Å²) >= 11 is 0. The lowest BCUT2D eigenvalue weighted by Gasteiger charge is -2.73. The molecule has 5 fully saturated rings. The lowest BCUT2D eigenvalue weighted by atomic mass is 9.32. The molecule has 0 spiro atoms. The lowest BCUT2D eigenvalue weighted by Crippen LogP contribution is -2.66. The molecule has 208 valence electrons. The minimum absolute atomic E-state index is 0.0693. The van der Waals surface area contributed by atoms with E-state index in [0.717, 1.165) is 30.6 Å². The monoisotopic (exact) mass is 510 g/mol. The van der Waals surface area contributed by atoms with E-state index in [2.05, 4.69) is 55.0 Å². The van der Waals surface area contributed by atoms with Gasteiger partial charge in [-0.05, 0) is 129 Å². The van der Waals surface area contributed by atoms with Gasteiger partial charge in [-0.2, -0.15) is 0 Å². The summed E-state index contributed by atoms with van der Waals surface area (Å²) in [6.07, 6.45) is 12.6. The summed E-state index contributed by atoms with van der Waals surface area (Å²) in [7, 11) is 0. The van der Waals surface area contributed by atoms with Crippen LogP contribution in [0.1, 0.15) is 126 Å². The highest BCUT2D eigenvalue weighted by Crippen LogP contribution is 2.77. The summed E-state index contributed by atoms with van der Waals surface area (Å²) in [6.45, 7) is 23.6. The van der Waals surface area contributed by atoms with Gasteiger partial charge in [0.25, 0.3) is 0 Å². The van der Waals surface area contributed by atoms with E-state index in [0.29, 0.717) is 28.1 Å². The summed E-state index contributed by atoms with van der Waals surface area (Å²) in [5.74, 6) is 3.15. The third kappa shape index (κ3) is 3.78. The van der Waals surface area contributed by atoms with Crippen LogP contribution in [0.3, 0.4) is 0 Å². The quantitative estimate of drug-likeness (QED) is 0.216. The van der Waals surface area contributed by atoms with Gasteiger partial charge in [0.2, 0.25) is 0 Å². The van der Waals surface area contributed by atoms with Crippen molar-refractivity contribution >= 4 is 11.8 Å². The van der Waals surface area contributed by atoms with Gasteiger partial charge in [-0.1, -0.05) is 53.7 Å². The Kier molecular flexibility index (Phi) is 6.45. The van der Waals surface area contributed by atoms with Crippen molar-refractivity contribution in [3.8, 4) is 0 Å². The molecule has 0 bridgehead atoms. The van der Waals surface area contributed by atoms with Gasteiger partial charge in [0, 0.05) is 5.41 Å². The number of carbonyl (C=O) groups is 2. The highest BCUT2D eigenvalue weighted by Gasteiger charge is 2.70. The summed E-state index contributed by atoms with van der Waals surface area (Å²) in [4.78, 5) is 24.0. The molecule has 5 saturated carbocycles. The van der Waals surface area contributed by atoms with Gasteiger partial charge in [0.05, 0.1) is 0 Å². The zero-order valence-corrected chi connectivity index (χ0v) is 25.2. The first-order valence-electron chi connectivity index (χ1n) is 15.4. The van der Waals surface area contributed by atoms with Crippen LogP contribution in [0.5, 0.6) is 0 Å². The van der Waals surface area contributed by atoms with Crippen molar-refractivity contribution in [3.63, 3.8) is 0 Å². The standard InChI is InChI=1S/C34H54O3/c1-21(2)23-12-15-31(6)18-19-33(8)24(29(23)31)10-11-26-32(7)16-14-27(37-28(36)20-22(3)35)30(4,5)25(32)13-17-34(26,33)9/h23-27,29H,1,10-20H2,2-9H3. The molecule has 0 heterocycles. The van der Waals surface area contributed by atoms with E-state index in [1.165, 1.54) is 63.9 Å². The van der Waals surface area contributed by atoms with Crippen molar-refractivity contribution in [3.05, 3.63) is 12.2 Å². The van der Waals surface area contributed by atoms with Crippen LogP contribution in [0.25, 0.3) is 0 Å². The summed E-state index contributed by atoms with van der Waals surface area (Å²) in [5, 5.41) is 0. The highest BCUT2D eigenvalue weighted by atomic mass is 16.5. The Morgan fingerprint density at radius 1 is 0.784 bits per heavy atom. The largest absolute Gasteiger partial charge is 0.461 e. The minimum Gasteiger partial charge on any atom is -0.461 e. The van der Waals surface area contributed by atoms with E-state index in [4.69, 9.17) is 4.74 Å². The van der Waals surface area contributed by atoms with E-state index >= 15 is 0 Å². The molecular weight excluding hydrogens is 456 g/mol. The van der Waals surface area contributed by atoms with Crippen molar-refractivity contribution in [1.82, 2.24) is 0 Å². The topological polar surface area (TPSA) is 43.4 Å². The number of hydrogen-bond acceptors (Lipinski definition) is 3. The van der Waals surface area contributed by atoms with Crippen molar-refractivity contribution in [2.45, 2.75) is 132 Å². The first-order chi connectivity index (χ1) is 17.1. The van der Waals surface area contributed by atoms with Gasteiger partial charge in [-0.3, -0.25) is 9.59 Å². The smallest absolute Gasteiger partial charge is 0.313 e. The number of fused-ring (bicyclic) bond motifs is 7. The molecule has 0 aromatic carbocycles. The van der Waals surface area contributed by atoms with Crippen LogP contribution in [0, 0.1) is 56.7 Å². The number of Topliss-reactive ketones (excluding diaryl/α,β-unsaturated/α-hetero) is 1. The van der Waals surface area contributed by atoms with Crippen LogP contribution in [0.2, 0.25) is 0 Å². The number of esters is 1. The van der Waals surface area contributed by atoms with Crippen LogP contribution >= 0.6 is 0 Å². The van der Waals surface area contributed by atoms with Crippen LogP contribution in [-0.2, 0) is 14.3 Å². The van der Waals surface area contributed by atoms with Crippen molar-refractivity contribution in [1.29, 1.82) is 0 Å². The maximum absolute atomic E-state index is 12.5. The van der Waals surface area contributed by atoms with Crippen molar-refractivity contribution < 1.29 is 14.3 Å². The molecule has 0 N–H and O–H groups in total. The van der Waals surface area contributed by atoms with Crippen LogP contribution in [0.15, 0.2) is 12.2 Å². The molecule has 0 radical (unpaired) electrons. The van der Waals surface area contributed by atoms with Gasteiger partial charge >= 0.3 is 5.97 Å². The molecule has 37 heavy (non-hydrogen) atoms. The molecule has 3 heteroatoms. The Balaban J connectivity index is 1.44. The molecular formula is C34H54O3. The fraction of sp³-hybridized carbons (Fsp3) is 0.882. The average Bonchev–Trinajstić information content (AvgIpc) is 3.14. The van der Waals surface area contributed by atoms with Gasteiger partial charge in [0.15, 0.2) is 0 Å². The molecule has 5 rings (SSSR count). The molecule has 0 aromatic heterocycles. The van der Waals surface area contributed by atoms with E-state index < -0.39 is 0 Å². The van der Waals surface area contributed by atoms with E-state index in [9.17, 15) is 9.59 Å². The second kappa shape index (κ2) is 8.69. The maximum atomic E-state index is 12.5. The van der Waals surface area contributed by atoms with Crippen molar-refractivity contribution in [2.75, 3.05) is 0 Å². The Morgan fingerprint density at radius 3 is 2.14 bits per heavy atom. The molecule has 3 nitrogen and oxygen atoms in total. The Bertz CT molecular complexity index is 980. The Labute approximate surface area is 227 Å². The SMILES string of the molecule is C=C(C)C1CCC2(C)CCC3(C)C(CCC4C5(C)CCC(OC(=O)CC(C)=O)C(C)(C)C5CCC43C)C12. The molecule has 10 atom stereocenters. The zero-order valence-electron chi connectivity index (χ0n) is 25.2. The molecule has 0 saturated heterocycles. The third-order valence-electron chi connectivity index (χ3n) is 14.1. The fourth-order valence-corrected chi connectivity index (χ4v) is 12.1. The van der Waals surface area contributed by atoms with Gasteiger partial charge in [0.1, 0.15) is 18.3 Å². The predicted octanol–water partition coefficient (Wildman–Crippen LogP) is 8.55. The number of allylic oxidation sites excluding steroid dienone is 1. The lowest BCUT2D eigenvalue weighted by molar-refractivity contribution is -0.249. The number of ether oxygens (including phenoxy) is 1. The molecule has 0 amide bonds. The molecule has 10 unspecified atom stereocenters. The minimum atomic E-state index is -0.336. The summed E-state index contributed by atoms with van der Waals surface area (Å²) < 4.78 is 6.00. The highest BCUT2D eigenvalue weighted by molar-refractivity contribution is 5.94. The molecule has 5 aliphatic carbocycles. The number of rotatable bonds is 4. The zero-order chi connectivity index (χ0) is 27.2. The summed E-state index contributed by atoms with van der Waals surface area (Å²) in [5.41, 5.74) is 2.89.